The van der Waals surface area contributed by atoms with Crippen LogP contribution in [-0.2, 0) is 23.7 Å². The molecule has 6 heteroatoms. The Morgan fingerprint density at radius 2 is 2.15 bits per heavy atom. The zero-order chi connectivity index (χ0) is 14.8. The number of hydrogen-bond donors (Lipinski definition) is 1. The van der Waals surface area contributed by atoms with Crippen LogP contribution in [0, 0.1) is 0 Å². The molecular weight excluding hydrogens is 264 g/mol. The van der Waals surface area contributed by atoms with Crippen LogP contribution in [-0.4, -0.2) is 55.0 Å². The van der Waals surface area contributed by atoms with Gasteiger partial charge in [-0.1, -0.05) is 6.08 Å². The molecule has 0 spiro atoms. The van der Waals surface area contributed by atoms with E-state index in [0.717, 1.165) is 0 Å². The van der Waals surface area contributed by atoms with Crippen LogP contribution < -0.4 is 0 Å². The molecule has 0 radical (unpaired) electrons. The highest BCUT2D eigenvalue weighted by molar-refractivity contribution is 5.02. The largest absolute Gasteiger partial charge is 0.386 e. The summed E-state index contributed by atoms with van der Waals surface area (Å²) < 4.78 is 27.9. The summed E-state index contributed by atoms with van der Waals surface area (Å²) in [6, 6.07) is 0. The van der Waals surface area contributed by atoms with Crippen LogP contribution in [0.15, 0.2) is 12.2 Å². The summed E-state index contributed by atoms with van der Waals surface area (Å²) in [5.74, 6) is -0.649. The van der Waals surface area contributed by atoms with Gasteiger partial charge in [-0.2, -0.15) is 0 Å². The fourth-order valence-corrected chi connectivity index (χ4v) is 2.32. The Labute approximate surface area is 119 Å². The molecule has 0 amide bonds. The molecule has 1 unspecified atom stereocenters. The molecule has 2 heterocycles. The number of aliphatic hydroxyl groups excluding tert-OH is 1. The van der Waals surface area contributed by atoms with Crippen molar-refractivity contribution in [1.29, 1.82) is 0 Å². The van der Waals surface area contributed by atoms with Gasteiger partial charge in [-0.05, 0) is 33.8 Å². The van der Waals surface area contributed by atoms with Crippen molar-refractivity contribution in [2.24, 2.45) is 0 Å². The van der Waals surface area contributed by atoms with Crippen LogP contribution >= 0.6 is 0 Å². The van der Waals surface area contributed by atoms with E-state index in [0.29, 0.717) is 13.2 Å². The van der Waals surface area contributed by atoms with Crippen LogP contribution in [0.3, 0.4) is 0 Å². The zero-order valence-electron chi connectivity index (χ0n) is 12.4. The molecule has 1 fully saturated rings. The third kappa shape index (κ3) is 4.00. The van der Waals surface area contributed by atoms with Crippen molar-refractivity contribution in [1.82, 2.24) is 0 Å². The van der Waals surface area contributed by atoms with Gasteiger partial charge in [0.05, 0.1) is 6.61 Å². The number of rotatable bonds is 5. The molecule has 1 saturated heterocycles. The van der Waals surface area contributed by atoms with Crippen molar-refractivity contribution >= 4 is 0 Å². The lowest BCUT2D eigenvalue weighted by molar-refractivity contribution is -0.260. The zero-order valence-corrected chi connectivity index (χ0v) is 12.4. The fraction of sp³-hybridized carbons (Fsp3) is 0.857. The maximum absolute atomic E-state index is 10.0. The molecule has 2 aliphatic rings. The van der Waals surface area contributed by atoms with Crippen LogP contribution in [0.1, 0.15) is 27.7 Å². The number of hydrogen-bond acceptors (Lipinski definition) is 6. The minimum atomic E-state index is -0.736. The van der Waals surface area contributed by atoms with Gasteiger partial charge in [-0.25, -0.2) is 0 Å². The average Bonchev–Trinajstić information content (AvgIpc) is 2.72. The summed E-state index contributed by atoms with van der Waals surface area (Å²) in [6.07, 6.45) is 0.836. The van der Waals surface area contributed by atoms with E-state index in [1.807, 2.05) is 20.8 Å². The first-order valence-electron chi connectivity index (χ1n) is 7.02. The number of aliphatic hydroxyl groups is 1. The first-order valence-corrected chi connectivity index (χ1v) is 7.02. The molecule has 2 rings (SSSR count). The minimum absolute atomic E-state index is 0.321. The molecule has 116 valence electrons. The van der Waals surface area contributed by atoms with Crippen LogP contribution in [0.2, 0.25) is 0 Å². The van der Waals surface area contributed by atoms with Gasteiger partial charge in [-0.3, -0.25) is 0 Å². The van der Waals surface area contributed by atoms with Gasteiger partial charge >= 0.3 is 0 Å². The van der Waals surface area contributed by atoms with E-state index in [-0.39, 0.29) is 12.4 Å². The molecule has 2 aliphatic heterocycles. The Morgan fingerprint density at radius 3 is 2.75 bits per heavy atom. The van der Waals surface area contributed by atoms with Gasteiger partial charge < -0.3 is 28.8 Å². The molecule has 6 nitrogen and oxygen atoms in total. The van der Waals surface area contributed by atoms with E-state index in [4.69, 9.17) is 23.7 Å². The molecule has 0 aromatic heterocycles. The highest BCUT2D eigenvalue weighted by Gasteiger charge is 2.42. The molecule has 0 bridgehead atoms. The van der Waals surface area contributed by atoms with Crippen molar-refractivity contribution in [3.05, 3.63) is 12.2 Å². The predicted octanol–water partition coefficient (Wildman–Crippen LogP) is 1.18. The second-order valence-corrected chi connectivity index (χ2v) is 5.37. The summed E-state index contributed by atoms with van der Waals surface area (Å²) in [5, 5.41) is 10.0. The number of ether oxygens (including phenoxy) is 5. The highest BCUT2D eigenvalue weighted by Crippen LogP contribution is 2.29. The lowest BCUT2D eigenvalue weighted by atomic mass is 10.1. The van der Waals surface area contributed by atoms with Crippen molar-refractivity contribution in [3.63, 3.8) is 0 Å². The highest BCUT2D eigenvalue weighted by atomic mass is 16.8. The van der Waals surface area contributed by atoms with E-state index in [2.05, 4.69) is 0 Å². The van der Waals surface area contributed by atoms with Gasteiger partial charge in [0.15, 0.2) is 18.4 Å². The third-order valence-electron chi connectivity index (χ3n) is 3.22. The van der Waals surface area contributed by atoms with Gasteiger partial charge in [0.25, 0.3) is 0 Å². The average molecular weight is 288 g/mol. The van der Waals surface area contributed by atoms with Crippen LogP contribution in [0.25, 0.3) is 0 Å². The summed E-state index contributed by atoms with van der Waals surface area (Å²) in [4.78, 5) is 0. The fourth-order valence-electron chi connectivity index (χ4n) is 2.32. The molecule has 0 saturated carbocycles. The Morgan fingerprint density at radius 1 is 1.40 bits per heavy atom. The lowest BCUT2D eigenvalue weighted by Gasteiger charge is -2.33. The Balaban J connectivity index is 1.92. The SMILES string of the molecule is CCOC(C)O[C@H]1C=C[C@H](O)[C@H]([C@H]2COC(C)(C)O2)O1. The smallest absolute Gasteiger partial charge is 0.180 e. The van der Waals surface area contributed by atoms with E-state index < -0.39 is 24.3 Å². The van der Waals surface area contributed by atoms with Gasteiger partial charge in [0.1, 0.15) is 18.3 Å². The van der Waals surface area contributed by atoms with Crippen molar-refractivity contribution < 1.29 is 28.8 Å². The summed E-state index contributed by atoms with van der Waals surface area (Å²) in [6.45, 7) is 8.33. The summed E-state index contributed by atoms with van der Waals surface area (Å²) in [5.41, 5.74) is 0. The summed E-state index contributed by atoms with van der Waals surface area (Å²) >= 11 is 0. The van der Waals surface area contributed by atoms with Crippen molar-refractivity contribution in [2.75, 3.05) is 13.2 Å². The third-order valence-corrected chi connectivity index (χ3v) is 3.22. The molecule has 0 aliphatic carbocycles. The summed E-state index contributed by atoms with van der Waals surface area (Å²) in [7, 11) is 0. The normalized spacial score (nSPS) is 38.0. The first-order chi connectivity index (χ1) is 9.41. The van der Waals surface area contributed by atoms with Gasteiger partial charge in [0, 0.05) is 6.61 Å². The van der Waals surface area contributed by atoms with Crippen LogP contribution in [0.5, 0.6) is 0 Å². The van der Waals surface area contributed by atoms with E-state index >= 15 is 0 Å². The molecule has 1 N–H and O–H groups in total. The van der Waals surface area contributed by atoms with E-state index in [1.165, 1.54) is 0 Å². The standard InChI is InChI=1S/C14H24O6/c1-5-16-9(2)18-12-7-6-10(15)13(19-12)11-8-17-14(3,4)20-11/h6-7,9-13,15H,5,8H2,1-4H3/t9?,10-,11+,12+,13+/m0/s1. The first kappa shape index (κ1) is 15.9. The van der Waals surface area contributed by atoms with Gasteiger partial charge in [-0.15, -0.1) is 0 Å². The van der Waals surface area contributed by atoms with E-state index in [9.17, 15) is 5.11 Å². The van der Waals surface area contributed by atoms with Gasteiger partial charge in [0.2, 0.25) is 0 Å². The second kappa shape index (κ2) is 6.51. The van der Waals surface area contributed by atoms with Crippen molar-refractivity contribution in [3.8, 4) is 0 Å². The molecule has 0 aromatic rings. The van der Waals surface area contributed by atoms with E-state index in [1.54, 1.807) is 19.1 Å². The Hall–Kier alpha value is -0.500. The van der Waals surface area contributed by atoms with Crippen LogP contribution in [0.4, 0.5) is 0 Å². The Bertz CT molecular complexity index is 343. The topological polar surface area (TPSA) is 66.4 Å². The van der Waals surface area contributed by atoms with Crippen molar-refractivity contribution in [2.45, 2.75) is 64.4 Å². The molecule has 0 aromatic carbocycles. The minimum Gasteiger partial charge on any atom is -0.386 e. The Kier molecular flexibility index (Phi) is 5.17. The maximum Gasteiger partial charge on any atom is 0.180 e. The molecule has 5 atom stereocenters. The molecular formula is C14H24O6. The predicted molar refractivity (Wildman–Crippen MR) is 70.9 cm³/mol. The maximum atomic E-state index is 10.0. The quantitative estimate of drug-likeness (QED) is 0.605. The lowest BCUT2D eigenvalue weighted by Crippen LogP contribution is -2.46. The second-order valence-electron chi connectivity index (χ2n) is 5.37. The molecule has 20 heavy (non-hydrogen) atoms. The monoisotopic (exact) mass is 288 g/mol.